The van der Waals surface area contributed by atoms with Gasteiger partial charge in [0.25, 0.3) is 0 Å². The molecule has 1 aliphatic heterocycles. The largest absolute Gasteiger partial charge is 0.344 e. The lowest BCUT2D eigenvalue weighted by atomic mass is 10.1. The number of sulfonamides is 1. The Hall–Kier alpha value is -3.04. The minimum Gasteiger partial charge on any atom is -0.344 e. The minimum atomic E-state index is -3.72. The van der Waals surface area contributed by atoms with Crippen molar-refractivity contribution < 1.29 is 17.6 Å². The highest BCUT2D eigenvalue weighted by molar-refractivity contribution is 7.89. The van der Waals surface area contributed by atoms with E-state index in [0.29, 0.717) is 38.8 Å². The number of aromatic amines is 1. The lowest BCUT2D eigenvalue weighted by molar-refractivity contribution is -0.133. The molecule has 0 radical (unpaired) electrons. The first-order valence-corrected chi connectivity index (χ1v) is 12.8. The van der Waals surface area contributed by atoms with Gasteiger partial charge in [-0.05, 0) is 75.1 Å². The van der Waals surface area contributed by atoms with Crippen LogP contribution in [0.2, 0.25) is 0 Å². The normalized spacial score (nSPS) is 16.6. The minimum absolute atomic E-state index is 0.176. The number of likely N-dealkylation sites (N-methyl/N-ethyl adjacent to an activating group) is 1. The number of aryl methyl sites for hydroxylation is 2. The lowest BCUT2D eigenvalue weighted by Crippen LogP contribution is -2.46. The third-order valence-corrected chi connectivity index (χ3v) is 8.13. The second-order valence-electron chi connectivity index (χ2n) is 8.74. The van der Waals surface area contributed by atoms with Crippen molar-refractivity contribution in [2.75, 3.05) is 20.1 Å². The van der Waals surface area contributed by atoms with Gasteiger partial charge in [-0.15, -0.1) is 0 Å². The molecule has 0 aliphatic carbocycles. The summed E-state index contributed by atoms with van der Waals surface area (Å²) in [7, 11) is -2.01. The van der Waals surface area contributed by atoms with Crippen LogP contribution in [0.15, 0.2) is 59.5 Å². The van der Waals surface area contributed by atoms with Crippen molar-refractivity contribution in [1.82, 2.24) is 19.4 Å². The van der Waals surface area contributed by atoms with Crippen molar-refractivity contribution in [2.24, 2.45) is 0 Å². The number of nitrogens with zero attached hydrogens (tertiary/aromatic N) is 3. The Morgan fingerprint density at radius 2 is 1.88 bits per heavy atom. The van der Waals surface area contributed by atoms with Crippen LogP contribution in [0.1, 0.15) is 30.5 Å². The Morgan fingerprint density at radius 1 is 1.18 bits per heavy atom. The van der Waals surface area contributed by atoms with Crippen molar-refractivity contribution in [3.8, 4) is 11.3 Å². The van der Waals surface area contributed by atoms with Crippen molar-refractivity contribution >= 4 is 15.9 Å². The Morgan fingerprint density at radius 3 is 2.59 bits per heavy atom. The molecule has 0 bridgehead atoms. The number of nitrogens with one attached hydrogen (secondary N) is 1. The van der Waals surface area contributed by atoms with E-state index < -0.39 is 16.1 Å². The van der Waals surface area contributed by atoms with Crippen molar-refractivity contribution in [3.63, 3.8) is 0 Å². The number of benzene rings is 2. The average molecular weight is 485 g/mol. The van der Waals surface area contributed by atoms with Crippen LogP contribution >= 0.6 is 0 Å². The van der Waals surface area contributed by atoms with Crippen LogP contribution < -0.4 is 0 Å². The van der Waals surface area contributed by atoms with E-state index in [1.165, 1.54) is 16.4 Å². The molecule has 1 atom stereocenters. The molecule has 3 aromatic rings. The summed E-state index contributed by atoms with van der Waals surface area (Å²) in [4.78, 5) is 15.0. The van der Waals surface area contributed by atoms with E-state index in [4.69, 9.17) is 0 Å². The Labute approximate surface area is 199 Å². The number of amides is 1. The summed E-state index contributed by atoms with van der Waals surface area (Å²) in [5.74, 6) is -0.468. The van der Waals surface area contributed by atoms with E-state index >= 15 is 0 Å². The van der Waals surface area contributed by atoms with Gasteiger partial charge in [-0.1, -0.05) is 17.7 Å². The molecular formula is C25H29FN4O3S. The summed E-state index contributed by atoms with van der Waals surface area (Å²) in [5, 5.41) is 7.27. The van der Waals surface area contributed by atoms with Gasteiger partial charge < -0.3 is 4.90 Å². The van der Waals surface area contributed by atoms with Crippen molar-refractivity contribution in [1.29, 1.82) is 0 Å². The molecule has 180 valence electrons. The third-order valence-electron chi connectivity index (χ3n) is 6.20. The van der Waals surface area contributed by atoms with E-state index in [0.717, 1.165) is 22.5 Å². The van der Waals surface area contributed by atoms with Crippen molar-refractivity contribution in [2.45, 2.75) is 43.5 Å². The van der Waals surface area contributed by atoms with E-state index in [1.54, 1.807) is 48.3 Å². The second kappa shape index (κ2) is 10.1. The maximum absolute atomic E-state index is 13.1. The first-order chi connectivity index (χ1) is 16.3. The van der Waals surface area contributed by atoms with Crippen LogP contribution in [0.5, 0.6) is 0 Å². The van der Waals surface area contributed by atoms with E-state index in [2.05, 4.69) is 10.2 Å². The van der Waals surface area contributed by atoms with E-state index in [1.807, 2.05) is 13.0 Å². The van der Waals surface area contributed by atoms with Crippen LogP contribution in [-0.2, 0) is 21.2 Å². The molecule has 7 nitrogen and oxygen atoms in total. The van der Waals surface area contributed by atoms with Gasteiger partial charge in [0.1, 0.15) is 11.9 Å². The summed E-state index contributed by atoms with van der Waals surface area (Å²) in [6.07, 6.45) is 2.57. The number of aromatic nitrogens is 2. The lowest BCUT2D eigenvalue weighted by Gasteiger charge is -2.27. The number of halogens is 1. The molecule has 0 spiro atoms. The second-order valence-corrected chi connectivity index (χ2v) is 10.6. The highest BCUT2D eigenvalue weighted by Crippen LogP contribution is 2.27. The number of hydrogen-bond acceptors (Lipinski definition) is 4. The molecule has 9 heteroatoms. The monoisotopic (exact) mass is 484 g/mol. The fourth-order valence-electron chi connectivity index (χ4n) is 4.25. The fourth-order valence-corrected chi connectivity index (χ4v) is 5.90. The summed E-state index contributed by atoms with van der Waals surface area (Å²) in [6, 6.07) is 14.1. The number of hydrogen-bond donors (Lipinski definition) is 1. The quantitative estimate of drug-likeness (QED) is 0.527. The van der Waals surface area contributed by atoms with Gasteiger partial charge in [-0.2, -0.15) is 9.40 Å². The van der Waals surface area contributed by atoms with Gasteiger partial charge in [0, 0.05) is 31.4 Å². The molecule has 1 amide bonds. The highest BCUT2D eigenvalue weighted by atomic mass is 32.2. The molecule has 2 aromatic carbocycles. The van der Waals surface area contributed by atoms with Crippen LogP contribution in [0.25, 0.3) is 11.3 Å². The molecule has 1 saturated heterocycles. The molecule has 0 saturated carbocycles. The number of rotatable bonds is 8. The summed E-state index contributed by atoms with van der Waals surface area (Å²) >= 11 is 0. The third kappa shape index (κ3) is 5.20. The van der Waals surface area contributed by atoms with Gasteiger partial charge in [0.2, 0.25) is 15.9 Å². The first-order valence-electron chi connectivity index (χ1n) is 11.4. The summed E-state index contributed by atoms with van der Waals surface area (Å²) < 4.78 is 40.8. The standard InChI is InChI=1S/C25H29FN4O3S/c1-18-7-13-22(14-8-18)34(32,33)30-16-4-6-24(30)25(31)29(2)15-3-5-21-17-23(28-27-21)19-9-11-20(26)12-10-19/h7-14,17,24H,3-6,15-16H2,1-2H3,(H,27,28)/t24-/m0/s1. The zero-order valence-corrected chi connectivity index (χ0v) is 20.2. The zero-order chi connectivity index (χ0) is 24.3. The van der Waals surface area contributed by atoms with Gasteiger partial charge >= 0.3 is 0 Å². The molecule has 1 fully saturated rings. The van der Waals surface area contributed by atoms with Crippen LogP contribution in [0.3, 0.4) is 0 Å². The SMILES string of the molecule is Cc1ccc(S(=O)(=O)N2CCC[C@H]2C(=O)N(C)CCCc2cc(-c3ccc(F)cc3)n[nH]2)cc1. The first kappa shape index (κ1) is 24.1. The molecule has 0 unspecified atom stereocenters. The topological polar surface area (TPSA) is 86.4 Å². The number of carbonyl (C=O) groups is 1. The Bertz CT molecular complexity index is 1240. The predicted molar refractivity (Wildman–Crippen MR) is 128 cm³/mol. The van der Waals surface area contributed by atoms with Gasteiger partial charge in [-0.3, -0.25) is 9.89 Å². The number of carbonyl (C=O) groups excluding carboxylic acids is 1. The maximum Gasteiger partial charge on any atom is 0.243 e. The smallest absolute Gasteiger partial charge is 0.243 e. The fraction of sp³-hybridized carbons (Fsp3) is 0.360. The predicted octanol–water partition coefficient (Wildman–Crippen LogP) is 3.77. The molecule has 34 heavy (non-hydrogen) atoms. The molecule has 1 N–H and O–H groups in total. The zero-order valence-electron chi connectivity index (χ0n) is 19.4. The number of H-pyrrole nitrogens is 1. The summed E-state index contributed by atoms with van der Waals surface area (Å²) in [6.45, 7) is 2.75. The van der Waals surface area contributed by atoms with E-state index in [9.17, 15) is 17.6 Å². The van der Waals surface area contributed by atoms with Crippen LogP contribution in [-0.4, -0.2) is 59.9 Å². The Kier molecular flexibility index (Phi) is 7.13. The molecule has 1 aromatic heterocycles. The molecule has 1 aliphatic rings. The van der Waals surface area contributed by atoms with Gasteiger partial charge in [0.05, 0.1) is 10.6 Å². The van der Waals surface area contributed by atoms with Gasteiger partial charge in [0.15, 0.2) is 0 Å². The average Bonchev–Trinajstić information content (AvgIpc) is 3.50. The molecule has 2 heterocycles. The van der Waals surface area contributed by atoms with Crippen molar-refractivity contribution in [3.05, 3.63) is 71.7 Å². The molecule has 4 rings (SSSR count). The van der Waals surface area contributed by atoms with E-state index in [-0.39, 0.29) is 16.6 Å². The van der Waals surface area contributed by atoms with Crippen LogP contribution in [0.4, 0.5) is 4.39 Å². The van der Waals surface area contributed by atoms with Crippen LogP contribution in [0, 0.1) is 12.7 Å². The highest BCUT2D eigenvalue weighted by Gasteiger charge is 2.40. The summed E-state index contributed by atoms with van der Waals surface area (Å²) in [5.41, 5.74) is 3.47. The maximum atomic E-state index is 13.1. The van der Waals surface area contributed by atoms with Gasteiger partial charge in [-0.25, -0.2) is 12.8 Å². The Balaban J connectivity index is 1.34. The molecular weight excluding hydrogens is 455 g/mol.